The Morgan fingerprint density at radius 3 is 2.57 bits per heavy atom. The molecule has 2 aliphatic heterocycles. The third-order valence-corrected chi connectivity index (χ3v) is 6.53. The molecule has 1 unspecified atom stereocenters. The average Bonchev–Trinajstić information content (AvgIpc) is 3.20. The largest absolute Gasteiger partial charge is 0.381 e. The van der Waals surface area contributed by atoms with Gasteiger partial charge in [0.25, 0.3) is 5.91 Å². The maximum Gasteiger partial charge on any atom is 0.255 e. The Balaban J connectivity index is 1.45. The van der Waals surface area contributed by atoms with Crippen molar-refractivity contribution in [2.45, 2.75) is 38.5 Å². The van der Waals surface area contributed by atoms with Crippen molar-refractivity contribution in [2.24, 2.45) is 0 Å². The van der Waals surface area contributed by atoms with Crippen LogP contribution in [-0.4, -0.2) is 67.3 Å². The number of ether oxygens (including phenoxy) is 1. The van der Waals surface area contributed by atoms with Gasteiger partial charge >= 0.3 is 0 Å². The minimum absolute atomic E-state index is 0.152. The van der Waals surface area contributed by atoms with Crippen LogP contribution in [0.3, 0.4) is 0 Å². The molecule has 0 saturated carbocycles. The van der Waals surface area contributed by atoms with E-state index in [1.165, 1.54) is 29.6 Å². The first-order valence-electron chi connectivity index (χ1n) is 11.9. The standard InChI is InChI=1S/C26H31FN4O4/c1-28-25(33)24(3-2-10-32)31-17-22-21(26(31)34)13-20(27)14-23(22)29-15-18-4-6-19(7-5-18)16-30-8-11-35-12-9-30/h4-7,10,13-14,24,29H,2-3,8-9,11-12,15-17H2,1H3,(H,28,33). The predicted octanol–water partition coefficient (Wildman–Crippen LogP) is 2.32. The molecule has 0 aliphatic carbocycles. The molecule has 2 N–H and O–H groups in total. The van der Waals surface area contributed by atoms with Crippen molar-refractivity contribution >= 4 is 23.8 Å². The molecule has 9 heteroatoms. The molecular weight excluding hydrogens is 451 g/mol. The second-order valence-electron chi connectivity index (χ2n) is 8.85. The fourth-order valence-electron chi connectivity index (χ4n) is 4.60. The number of fused-ring (bicyclic) bond motifs is 1. The average molecular weight is 483 g/mol. The van der Waals surface area contributed by atoms with Crippen LogP contribution < -0.4 is 10.6 Å². The number of carbonyl (C=O) groups is 3. The van der Waals surface area contributed by atoms with Crippen molar-refractivity contribution in [2.75, 3.05) is 38.7 Å². The van der Waals surface area contributed by atoms with Crippen molar-refractivity contribution in [3.63, 3.8) is 0 Å². The number of aldehydes is 1. The van der Waals surface area contributed by atoms with Gasteiger partial charge in [-0.05, 0) is 29.7 Å². The van der Waals surface area contributed by atoms with Crippen LogP contribution in [-0.2, 0) is 34.0 Å². The number of anilines is 1. The number of nitrogens with zero attached hydrogens (tertiary/aromatic N) is 2. The summed E-state index contributed by atoms with van der Waals surface area (Å²) in [7, 11) is 1.49. The SMILES string of the molecule is CNC(=O)C(CCC=O)N1Cc2c(NCc3ccc(CN4CCOCC4)cc3)cc(F)cc2C1=O. The summed E-state index contributed by atoms with van der Waals surface area (Å²) in [5.41, 5.74) is 3.68. The zero-order chi connectivity index (χ0) is 24.8. The van der Waals surface area contributed by atoms with Crippen molar-refractivity contribution in [3.8, 4) is 0 Å². The van der Waals surface area contributed by atoms with Gasteiger partial charge < -0.3 is 25.1 Å². The number of benzene rings is 2. The molecule has 2 amide bonds. The second-order valence-corrected chi connectivity index (χ2v) is 8.85. The summed E-state index contributed by atoms with van der Waals surface area (Å²) in [6, 6.07) is 10.1. The molecule has 0 radical (unpaired) electrons. The number of rotatable bonds is 10. The number of carbonyl (C=O) groups excluding carboxylic acids is 3. The zero-order valence-electron chi connectivity index (χ0n) is 19.9. The Labute approximate surface area is 204 Å². The van der Waals surface area contributed by atoms with E-state index in [0.29, 0.717) is 17.8 Å². The summed E-state index contributed by atoms with van der Waals surface area (Å²) in [5.74, 6) is -1.28. The maximum absolute atomic E-state index is 14.4. The van der Waals surface area contributed by atoms with E-state index in [4.69, 9.17) is 4.74 Å². The van der Waals surface area contributed by atoms with E-state index in [2.05, 4.69) is 27.7 Å². The van der Waals surface area contributed by atoms with Crippen LogP contribution in [0.4, 0.5) is 10.1 Å². The van der Waals surface area contributed by atoms with Gasteiger partial charge in [-0.25, -0.2) is 4.39 Å². The third-order valence-electron chi connectivity index (χ3n) is 6.53. The topological polar surface area (TPSA) is 91.0 Å². The first-order valence-corrected chi connectivity index (χ1v) is 11.9. The smallest absolute Gasteiger partial charge is 0.255 e. The van der Waals surface area contributed by atoms with Crippen LogP contribution in [0.2, 0.25) is 0 Å². The van der Waals surface area contributed by atoms with Crippen LogP contribution in [0.15, 0.2) is 36.4 Å². The number of likely N-dealkylation sites (N-methyl/N-ethyl adjacent to an activating group) is 1. The number of hydrogen-bond acceptors (Lipinski definition) is 6. The zero-order valence-corrected chi connectivity index (χ0v) is 19.9. The van der Waals surface area contributed by atoms with Crippen LogP contribution in [0.5, 0.6) is 0 Å². The Hall–Kier alpha value is -3.30. The molecule has 1 saturated heterocycles. The highest BCUT2D eigenvalue weighted by molar-refractivity contribution is 6.02. The Bertz CT molecular complexity index is 1070. The summed E-state index contributed by atoms with van der Waals surface area (Å²) >= 11 is 0. The molecule has 35 heavy (non-hydrogen) atoms. The fraction of sp³-hybridized carbons (Fsp3) is 0.423. The molecule has 2 aromatic rings. The lowest BCUT2D eigenvalue weighted by molar-refractivity contribution is -0.125. The summed E-state index contributed by atoms with van der Waals surface area (Å²) in [6.07, 6.45) is 1.09. The van der Waals surface area contributed by atoms with E-state index in [-0.39, 0.29) is 30.9 Å². The van der Waals surface area contributed by atoms with Gasteiger partial charge in [0.15, 0.2) is 0 Å². The molecular formula is C26H31FN4O4. The lowest BCUT2D eigenvalue weighted by atomic mass is 10.1. The molecule has 186 valence electrons. The highest BCUT2D eigenvalue weighted by Crippen LogP contribution is 2.33. The molecule has 2 aliphatic rings. The first kappa shape index (κ1) is 24.8. The van der Waals surface area contributed by atoms with Crippen molar-refractivity contribution < 1.29 is 23.5 Å². The maximum atomic E-state index is 14.4. The molecule has 0 bridgehead atoms. The predicted molar refractivity (Wildman–Crippen MR) is 129 cm³/mol. The van der Waals surface area contributed by atoms with Gasteiger partial charge in [-0.15, -0.1) is 0 Å². The van der Waals surface area contributed by atoms with Gasteiger partial charge in [-0.3, -0.25) is 14.5 Å². The number of nitrogens with one attached hydrogen (secondary N) is 2. The van der Waals surface area contributed by atoms with Gasteiger partial charge in [0.05, 0.1) is 13.2 Å². The van der Waals surface area contributed by atoms with Crippen molar-refractivity contribution in [1.29, 1.82) is 0 Å². The van der Waals surface area contributed by atoms with Crippen LogP contribution in [0.1, 0.15) is 39.9 Å². The molecule has 1 fully saturated rings. The lowest BCUT2D eigenvalue weighted by Crippen LogP contribution is -2.46. The van der Waals surface area contributed by atoms with E-state index in [0.717, 1.165) is 44.7 Å². The van der Waals surface area contributed by atoms with Gasteiger partial charge in [0.2, 0.25) is 5.91 Å². The van der Waals surface area contributed by atoms with Crippen LogP contribution >= 0.6 is 0 Å². The molecule has 2 aromatic carbocycles. The van der Waals surface area contributed by atoms with E-state index < -0.39 is 17.8 Å². The highest BCUT2D eigenvalue weighted by Gasteiger charge is 2.37. The number of amides is 2. The van der Waals surface area contributed by atoms with E-state index in [1.54, 1.807) is 0 Å². The van der Waals surface area contributed by atoms with Gasteiger partial charge in [0.1, 0.15) is 18.1 Å². The van der Waals surface area contributed by atoms with Gasteiger partial charge in [-0.1, -0.05) is 24.3 Å². The molecule has 0 aromatic heterocycles. The summed E-state index contributed by atoms with van der Waals surface area (Å²) in [4.78, 5) is 40.1. The Morgan fingerprint density at radius 1 is 1.17 bits per heavy atom. The van der Waals surface area contributed by atoms with Crippen LogP contribution in [0.25, 0.3) is 0 Å². The summed E-state index contributed by atoms with van der Waals surface area (Å²) in [6.45, 7) is 4.90. The van der Waals surface area contributed by atoms with E-state index in [9.17, 15) is 18.8 Å². The van der Waals surface area contributed by atoms with Crippen molar-refractivity contribution in [3.05, 3.63) is 64.5 Å². The molecule has 1 atom stereocenters. The molecule has 0 spiro atoms. The van der Waals surface area contributed by atoms with Gasteiger partial charge in [-0.2, -0.15) is 0 Å². The molecule has 2 heterocycles. The number of hydrogen-bond donors (Lipinski definition) is 2. The minimum atomic E-state index is -0.792. The number of halogens is 1. The first-order chi connectivity index (χ1) is 17.0. The second kappa shape index (κ2) is 11.4. The Kier molecular flexibility index (Phi) is 8.09. The number of morpholine rings is 1. The lowest BCUT2D eigenvalue weighted by Gasteiger charge is -2.26. The quantitative estimate of drug-likeness (QED) is 0.505. The third kappa shape index (κ3) is 5.86. The summed E-state index contributed by atoms with van der Waals surface area (Å²) < 4.78 is 19.8. The van der Waals surface area contributed by atoms with Gasteiger partial charge in [0, 0.05) is 63.0 Å². The fourth-order valence-corrected chi connectivity index (χ4v) is 4.60. The molecule has 4 rings (SSSR count). The Morgan fingerprint density at radius 2 is 1.89 bits per heavy atom. The monoisotopic (exact) mass is 482 g/mol. The molecule has 8 nitrogen and oxygen atoms in total. The summed E-state index contributed by atoms with van der Waals surface area (Å²) in [5, 5.41) is 5.82. The van der Waals surface area contributed by atoms with Crippen molar-refractivity contribution in [1.82, 2.24) is 15.1 Å². The van der Waals surface area contributed by atoms with E-state index >= 15 is 0 Å². The minimum Gasteiger partial charge on any atom is -0.381 e. The normalized spacial score (nSPS) is 16.6. The highest BCUT2D eigenvalue weighted by atomic mass is 19.1. The van der Waals surface area contributed by atoms with E-state index in [1.807, 2.05) is 12.1 Å². The van der Waals surface area contributed by atoms with Crippen LogP contribution in [0, 0.1) is 5.82 Å².